The first-order valence-corrected chi connectivity index (χ1v) is 12.9. The van der Waals surface area contributed by atoms with Gasteiger partial charge in [0.05, 0.1) is 11.1 Å². The Morgan fingerprint density at radius 1 is 1.12 bits per heavy atom. The van der Waals surface area contributed by atoms with E-state index in [1.165, 1.54) is 6.92 Å². The van der Waals surface area contributed by atoms with E-state index < -0.39 is 53.1 Å². The monoisotopic (exact) mass is 596 g/mol. The largest absolute Gasteiger partial charge is 0.480 e. The highest BCUT2D eigenvalue weighted by Gasteiger charge is 2.40. The molecule has 1 amide bonds. The number of aliphatic carboxylic acids is 1. The number of hydrogen-bond acceptors (Lipinski definition) is 5. The summed E-state index contributed by atoms with van der Waals surface area (Å²) in [5.41, 5.74) is -1.27. The Hall–Kier alpha value is -4.36. The van der Waals surface area contributed by atoms with E-state index in [0.29, 0.717) is 42.3 Å². The Kier molecular flexibility index (Phi) is 8.92. The molecule has 8 nitrogen and oxygen atoms in total. The number of halogens is 6. The van der Waals surface area contributed by atoms with Crippen molar-refractivity contribution in [3.63, 3.8) is 0 Å². The van der Waals surface area contributed by atoms with Crippen LogP contribution in [0, 0.1) is 0 Å². The molecule has 224 valence electrons. The van der Waals surface area contributed by atoms with Crippen molar-refractivity contribution in [1.82, 2.24) is 20.1 Å². The second-order valence-electron chi connectivity index (χ2n) is 9.74. The standard InChI is InChI=1S/C28H26F6N4O4/c1-2-22(26(40)41)38-15-21(24(37-38)28(32,33)34)25(39)36-19-9-6-16(7-10-19)12-17-4-3-5-20(13-17)42-23-11-8-18(14-35-23)27(29,30)31/h3-5,8,11-15,19,22H,2,6-7,9-10H2,1H3,(H,36,39)(H,40,41). The van der Waals surface area contributed by atoms with Gasteiger partial charge in [0.1, 0.15) is 11.8 Å². The van der Waals surface area contributed by atoms with Crippen molar-refractivity contribution in [2.75, 3.05) is 0 Å². The maximum absolute atomic E-state index is 13.6. The van der Waals surface area contributed by atoms with Gasteiger partial charge in [-0.15, -0.1) is 0 Å². The Morgan fingerprint density at radius 3 is 2.40 bits per heavy atom. The van der Waals surface area contributed by atoms with Gasteiger partial charge in [-0.1, -0.05) is 30.7 Å². The lowest BCUT2D eigenvalue weighted by molar-refractivity contribution is -0.145. The second-order valence-corrected chi connectivity index (χ2v) is 9.74. The van der Waals surface area contributed by atoms with E-state index >= 15 is 0 Å². The highest BCUT2D eigenvalue weighted by atomic mass is 19.4. The minimum absolute atomic E-state index is 0.00329. The molecule has 1 atom stereocenters. The van der Waals surface area contributed by atoms with Crippen molar-refractivity contribution in [1.29, 1.82) is 0 Å². The summed E-state index contributed by atoms with van der Waals surface area (Å²) in [7, 11) is 0. The van der Waals surface area contributed by atoms with Gasteiger partial charge in [-0.3, -0.25) is 9.48 Å². The van der Waals surface area contributed by atoms with Gasteiger partial charge in [-0.2, -0.15) is 31.4 Å². The molecule has 2 heterocycles. The average Bonchev–Trinajstić information content (AvgIpc) is 3.36. The summed E-state index contributed by atoms with van der Waals surface area (Å²) in [6.07, 6.45) is -4.01. The van der Waals surface area contributed by atoms with Gasteiger partial charge >= 0.3 is 18.3 Å². The average molecular weight is 597 g/mol. The van der Waals surface area contributed by atoms with Crippen molar-refractivity contribution >= 4 is 18.0 Å². The maximum atomic E-state index is 13.6. The molecule has 0 spiro atoms. The molecule has 0 radical (unpaired) electrons. The van der Waals surface area contributed by atoms with Crippen molar-refractivity contribution in [3.05, 3.63) is 76.7 Å². The number of hydrogen-bond donors (Lipinski definition) is 2. The topological polar surface area (TPSA) is 106 Å². The quantitative estimate of drug-likeness (QED) is 0.274. The second kappa shape index (κ2) is 12.2. The maximum Gasteiger partial charge on any atom is 0.435 e. The lowest BCUT2D eigenvalue weighted by Gasteiger charge is -2.25. The van der Waals surface area contributed by atoms with Crippen LogP contribution in [0.15, 0.2) is 54.4 Å². The van der Waals surface area contributed by atoms with Crippen LogP contribution in [0.3, 0.4) is 0 Å². The predicted octanol–water partition coefficient (Wildman–Crippen LogP) is 6.90. The number of nitrogens with zero attached hydrogens (tertiary/aromatic N) is 3. The number of carbonyl (C=O) groups excluding carboxylic acids is 1. The highest BCUT2D eigenvalue weighted by Crippen LogP contribution is 2.33. The number of alkyl halides is 6. The molecule has 1 saturated carbocycles. The lowest BCUT2D eigenvalue weighted by atomic mass is 9.89. The number of carboxylic acids is 1. The number of ether oxygens (including phenoxy) is 1. The van der Waals surface area contributed by atoms with Crippen LogP contribution >= 0.6 is 0 Å². The van der Waals surface area contributed by atoms with Gasteiger partial charge in [0.25, 0.3) is 5.91 Å². The van der Waals surface area contributed by atoms with Crippen molar-refractivity contribution in [2.45, 2.75) is 63.5 Å². The minimum Gasteiger partial charge on any atom is -0.480 e. The summed E-state index contributed by atoms with van der Waals surface area (Å²) in [6, 6.07) is 7.10. The van der Waals surface area contributed by atoms with Crippen LogP contribution in [0.2, 0.25) is 0 Å². The normalized spacial score (nSPS) is 16.5. The summed E-state index contributed by atoms with van der Waals surface area (Å²) in [4.78, 5) is 27.9. The fraction of sp³-hybridized carbons (Fsp3) is 0.357. The third kappa shape index (κ3) is 7.47. The molecule has 0 bridgehead atoms. The molecule has 1 aliphatic rings. The van der Waals surface area contributed by atoms with Crippen LogP contribution in [0.25, 0.3) is 6.08 Å². The molecule has 1 fully saturated rings. The van der Waals surface area contributed by atoms with Gasteiger partial charge in [0.2, 0.25) is 5.88 Å². The van der Waals surface area contributed by atoms with Gasteiger partial charge in [0.15, 0.2) is 5.69 Å². The molecule has 42 heavy (non-hydrogen) atoms. The number of nitrogens with one attached hydrogen (secondary N) is 1. The number of benzene rings is 1. The molecule has 0 aliphatic heterocycles. The summed E-state index contributed by atoms with van der Waals surface area (Å²) in [6.45, 7) is 1.49. The molecule has 2 N–H and O–H groups in total. The number of rotatable bonds is 8. The first-order valence-electron chi connectivity index (χ1n) is 12.9. The highest BCUT2D eigenvalue weighted by molar-refractivity contribution is 5.95. The lowest BCUT2D eigenvalue weighted by Crippen LogP contribution is -2.37. The summed E-state index contributed by atoms with van der Waals surface area (Å²) in [5, 5.41) is 15.3. The van der Waals surface area contributed by atoms with Crippen LogP contribution < -0.4 is 10.1 Å². The van der Waals surface area contributed by atoms with Crippen LogP contribution in [0.5, 0.6) is 11.6 Å². The third-order valence-electron chi connectivity index (χ3n) is 6.71. The number of carbonyl (C=O) groups is 2. The van der Waals surface area contributed by atoms with E-state index in [1.807, 2.05) is 12.1 Å². The van der Waals surface area contributed by atoms with E-state index in [-0.39, 0.29) is 12.3 Å². The Morgan fingerprint density at radius 2 is 1.83 bits per heavy atom. The zero-order valence-corrected chi connectivity index (χ0v) is 22.2. The van der Waals surface area contributed by atoms with Gasteiger partial charge in [0, 0.05) is 24.5 Å². The molecular weight excluding hydrogens is 570 g/mol. The molecular formula is C28H26F6N4O4. The van der Waals surface area contributed by atoms with Gasteiger partial charge < -0.3 is 15.2 Å². The predicted molar refractivity (Wildman–Crippen MR) is 138 cm³/mol. The number of carboxylic acid groups (broad SMARTS) is 1. The zero-order chi connectivity index (χ0) is 30.7. The van der Waals surface area contributed by atoms with Crippen molar-refractivity contribution < 1.29 is 45.8 Å². The molecule has 0 saturated heterocycles. The molecule has 1 aliphatic carbocycles. The summed E-state index contributed by atoms with van der Waals surface area (Å²) in [5.74, 6) is -1.98. The van der Waals surface area contributed by atoms with Crippen LogP contribution in [0.4, 0.5) is 26.3 Å². The fourth-order valence-corrected chi connectivity index (χ4v) is 4.57. The van der Waals surface area contributed by atoms with Crippen molar-refractivity contribution in [2.24, 2.45) is 0 Å². The summed E-state index contributed by atoms with van der Waals surface area (Å²) >= 11 is 0. The first kappa shape index (κ1) is 30.6. The first-order chi connectivity index (χ1) is 19.7. The smallest absolute Gasteiger partial charge is 0.435 e. The fourth-order valence-electron chi connectivity index (χ4n) is 4.57. The Balaban J connectivity index is 1.38. The Labute approximate surface area is 236 Å². The number of pyridine rings is 1. The van der Waals surface area contributed by atoms with Gasteiger partial charge in [-0.05, 0) is 55.9 Å². The van der Waals surface area contributed by atoms with Crippen LogP contribution in [-0.4, -0.2) is 37.8 Å². The third-order valence-corrected chi connectivity index (χ3v) is 6.71. The summed E-state index contributed by atoms with van der Waals surface area (Å²) < 4.78 is 85.2. The molecule has 1 unspecified atom stereocenters. The molecule has 3 aromatic rings. The zero-order valence-electron chi connectivity index (χ0n) is 22.2. The minimum atomic E-state index is -4.95. The van der Waals surface area contributed by atoms with Crippen molar-refractivity contribution in [3.8, 4) is 11.6 Å². The van der Waals surface area contributed by atoms with Gasteiger partial charge in [-0.25, -0.2) is 9.78 Å². The molecule has 4 rings (SSSR count). The number of allylic oxidation sites excluding steroid dienone is 1. The van der Waals surface area contributed by atoms with E-state index in [9.17, 15) is 41.0 Å². The SMILES string of the molecule is CCC(C(=O)O)n1cc(C(=O)NC2CCC(=Cc3cccc(Oc4ccc(C(F)(F)F)cn4)c3)CC2)c(C(F)(F)F)n1. The van der Waals surface area contributed by atoms with E-state index in [4.69, 9.17) is 4.74 Å². The Bertz CT molecular complexity index is 1450. The van der Waals surface area contributed by atoms with E-state index in [2.05, 4.69) is 15.4 Å². The molecule has 1 aromatic carbocycles. The molecule has 14 heteroatoms. The number of amides is 1. The van der Waals surface area contributed by atoms with Crippen LogP contribution in [-0.2, 0) is 17.1 Å². The molecule has 2 aromatic heterocycles. The van der Waals surface area contributed by atoms with Crippen LogP contribution in [0.1, 0.15) is 72.2 Å². The number of aromatic nitrogens is 3. The van der Waals surface area contributed by atoms with E-state index in [1.54, 1.807) is 18.2 Å². The van der Waals surface area contributed by atoms with E-state index in [0.717, 1.165) is 29.5 Å².